The van der Waals surface area contributed by atoms with Crippen LogP contribution in [0.3, 0.4) is 0 Å². The zero-order valence-corrected chi connectivity index (χ0v) is 20.3. The predicted octanol–water partition coefficient (Wildman–Crippen LogP) is 4.76. The second-order valence-corrected chi connectivity index (χ2v) is 9.83. The van der Waals surface area contributed by atoms with Crippen molar-refractivity contribution in [2.75, 3.05) is 31.1 Å². The number of likely N-dealkylation sites (tertiary alicyclic amines) is 1. The van der Waals surface area contributed by atoms with Gasteiger partial charge in [-0.1, -0.05) is 0 Å². The van der Waals surface area contributed by atoms with Gasteiger partial charge in [0.15, 0.2) is 0 Å². The monoisotopic (exact) mass is 478 g/mol. The van der Waals surface area contributed by atoms with E-state index in [0.717, 1.165) is 35.2 Å². The molecule has 0 atom stereocenters. The normalized spacial score (nSPS) is 17.1. The lowest BCUT2D eigenvalue weighted by Crippen LogP contribution is -2.44. The topological polar surface area (TPSA) is 86.1 Å². The van der Waals surface area contributed by atoms with Crippen LogP contribution in [0.5, 0.6) is 5.75 Å². The molecule has 9 nitrogen and oxygen atoms in total. The molecule has 0 saturated carbocycles. The lowest BCUT2D eigenvalue weighted by Gasteiger charge is -2.33. The molecule has 1 aromatic carbocycles. The smallest absolute Gasteiger partial charge is 0.414 e. The maximum atomic E-state index is 12.2. The molecular weight excluding hydrogens is 448 g/mol. The van der Waals surface area contributed by atoms with E-state index in [9.17, 15) is 9.59 Å². The van der Waals surface area contributed by atoms with Gasteiger partial charge in [0.1, 0.15) is 29.9 Å². The Morgan fingerprint density at radius 2 is 1.89 bits per heavy atom. The predicted molar refractivity (Wildman–Crippen MR) is 131 cm³/mol. The van der Waals surface area contributed by atoms with Gasteiger partial charge in [-0.15, -0.1) is 0 Å². The highest BCUT2D eigenvalue weighted by Gasteiger charge is 2.28. The van der Waals surface area contributed by atoms with Crippen LogP contribution in [0.15, 0.2) is 48.8 Å². The third-order valence-electron chi connectivity index (χ3n) is 6.11. The number of hydrogen-bond donors (Lipinski definition) is 0. The second kappa shape index (κ2) is 9.13. The summed E-state index contributed by atoms with van der Waals surface area (Å²) >= 11 is 0. The average Bonchev–Trinajstić information content (AvgIpc) is 3.44. The first-order valence-electron chi connectivity index (χ1n) is 11.9. The summed E-state index contributed by atoms with van der Waals surface area (Å²) in [4.78, 5) is 32.1. The molecular formula is C26H30N4O5. The molecule has 0 aliphatic carbocycles. The van der Waals surface area contributed by atoms with Crippen molar-refractivity contribution in [2.45, 2.75) is 45.3 Å². The molecule has 2 aliphatic heterocycles. The lowest BCUT2D eigenvalue weighted by atomic mass is 10.1. The molecule has 0 spiro atoms. The molecule has 0 radical (unpaired) electrons. The van der Waals surface area contributed by atoms with E-state index in [-0.39, 0.29) is 18.3 Å². The molecule has 4 heterocycles. The number of benzene rings is 1. The standard InChI is InChI=1S/C26H30N4O5/c1-26(2,3)35-24(31)28-11-9-20(10-12-28)34-21-5-7-23(27-17-21)30-13-8-18-16-19(4-6-22(18)30)29-14-15-33-25(29)32/h4-8,13,16-17,20H,9-12,14-15H2,1-3H3. The minimum Gasteiger partial charge on any atom is -0.489 e. The van der Waals surface area contributed by atoms with Gasteiger partial charge in [0.25, 0.3) is 0 Å². The minimum absolute atomic E-state index is 0.0319. The van der Waals surface area contributed by atoms with E-state index >= 15 is 0 Å². The first kappa shape index (κ1) is 23.0. The summed E-state index contributed by atoms with van der Waals surface area (Å²) in [6.07, 6.45) is 4.64. The summed E-state index contributed by atoms with van der Waals surface area (Å²) in [7, 11) is 0. The van der Waals surface area contributed by atoms with Crippen molar-refractivity contribution >= 4 is 28.8 Å². The first-order valence-corrected chi connectivity index (χ1v) is 11.9. The van der Waals surface area contributed by atoms with Crippen molar-refractivity contribution in [1.82, 2.24) is 14.5 Å². The van der Waals surface area contributed by atoms with Crippen molar-refractivity contribution in [3.8, 4) is 11.6 Å². The van der Waals surface area contributed by atoms with Crippen LogP contribution in [-0.2, 0) is 9.47 Å². The number of ether oxygens (including phenoxy) is 3. The van der Waals surface area contributed by atoms with Crippen molar-refractivity contribution < 1.29 is 23.8 Å². The highest BCUT2D eigenvalue weighted by molar-refractivity contribution is 5.93. The number of fused-ring (bicyclic) bond motifs is 1. The Morgan fingerprint density at radius 1 is 1.09 bits per heavy atom. The third-order valence-corrected chi connectivity index (χ3v) is 6.11. The fourth-order valence-electron chi connectivity index (χ4n) is 4.39. The zero-order valence-electron chi connectivity index (χ0n) is 20.3. The van der Waals surface area contributed by atoms with Gasteiger partial charge in [0.05, 0.1) is 18.3 Å². The van der Waals surface area contributed by atoms with E-state index in [0.29, 0.717) is 32.0 Å². The molecule has 0 unspecified atom stereocenters. The van der Waals surface area contributed by atoms with Gasteiger partial charge >= 0.3 is 12.2 Å². The summed E-state index contributed by atoms with van der Waals surface area (Å²) < 4.78 is 18.6. The molecule has 5 rings (SSSR count). The van der Waals surface area contributed by atoms with Gasteiger partial charge in [-0.05, 0) is 57.2 Å². The number of carbonyl (C=O) groups is 2. The van der Waals surface area contributed by atoms with Crippen molar-refractivity contribution in [2.24, 2.45) is 0 Å². The summed E-state index contributed by atoms with van der Waals surface area (Å²) in [5.74, 6) is 1.48. The Labute approximate surface area is 204 Å². The van der Waals surface area contributed by atoms with E-state index in [4.69, 9.17) is 14.2 Å². The van der Waals surface area contributed by atoms with Gasteiger partial charge in [-0.3, -0.25) is 4.90 Å². The lowest BCUT2D eigenvalue weighted by molar-refractivity contribution is 0.0126. The Morgan fingerprint density at radius 3 is 2.54 bits per heavy atom. The summed E-state index contributed by atoms with van der Waals surface area (Å²) in [6, 6.07) is 11.7. The summed E-state index contributed by atoms with van der Waals surface area (Å²) in [5, 5.41) is 1.01. The van der Waals surface area contributed by atoms with Gasteiger partial charge in [-0.25, -0.2) is 14.6 Å². The summed E-state index contributed by atoms with van der Waals surface area (Å²) in [5.41, 5.74) is 1.33. The molecule has 2 fully saturated rings. The molecule has 0 bridgehead atoms. The van der Waals surface area contributed by atoms with Crippen molar-refractivity contribution in [3.05, 3.63) is 48.8 Å². The number of carbonyl (C=O) groups excluding carboxylic acids is 2. The van der Waals surface area contributed by atoms with Crippen LogP contribution in [0.2, 0.25) is 0 Å². The largest absolute Gasteiger partial charge is 0.489 e. The quantitative estimate of drug-likeness (QED) is 0.537. The molecule has 9 heteroatoms. The SMILES string of the molecule is CC(C)(C)OC(=O)N1CCC(Oc2ccc(-n3ccc4cc(N5CCOC5=O)ccc43)nc2)CC1. The number of hydrogen-bond acceptors (Lipinski definition) is 6. The fraction of sp³-hybridized carbons (Fsp3) is 0.423. The summed E-state index contributed by atoms with van der Waals surface area (Å²) in [6.45, 7) is 7.81. The first-order chi connectivity index (χ1) is 16.8. The van der Waals surface area contributed by atoms with Crippen LogP contribution in [0.1, 0.15) is 33.6 Å². The number of amides is 2. The van der Waals surface area contributed by atoms with Crippen molar-refractivity contribution in [1.29, 1.82) is 0 Å². The molecule has 35 heavy (non-hydrogen) atoms. The number of rotatable bonds is 4. The van der Waals surface area contributed by atoms with E-state index in [1.165, 1.54) is 0 Å². The fourth-order valence-corrected chi connectivity index (χ4v) is 4.39. The third kappa shape index (κ3) is 5.03. The molecule has 2 amide bonds. The number of cyclic esters (lactones) is 1. The van der Waals surface area contributed by atoms with Crippen LogP contribution in [-0.4, -0.2) is 64.6 Å². The van der Waals surface area contributed by atoms with Crippen LogP contribution in [0.4, 0.5) is 15.3 Å². The van der Waals surface area contributed by atoms with Crippen LogP contribution >= 0.6 is 0 Å². The number of pyridine rings is 1. The van der Waals surface area contributed by atoms with Gasteiger partial charge in [0.2, 0.25) is 0 Å². The molecule has 2 aliphatic rings. The van der Waals surface area contributed by atoms with Crippen LogP contribution < -0.4 is 9.64 Å². The Kier molecular flexibility index (Phi) is 6.00. The number of anilines is 1. The second-order valence-electron chi connectivity index (χ2n) is 9.83. The van der Waals surface area contributed by atoms with E-state index in [2.05, 4.69) is 4.98 Å². The maximum Gasteiger partial charge on any atom is 0.414 e. The maximum absolute atomic E-state index is 12.2. The minimum atomic E-state index is -0.493. The molecule has 184 valence electrons. The number of nitrogens with zero attached hydrogens (tertiary/aromatic N) is 4. The van der Waals surface area contributed by atoms with Gasteiger partial charge < -0.3 is 23.7 Å². The Balaban J connectivity index is 1.21. The molecule has 0 N–H and O–H groups in total. The van der Waals surface area contributed by atoms with Gasteiger partial charge in [0, 0.05) is 43.2 Å². The van der Waals surface area contributed by atoms with E-state index in [1.54, 1.807) is 16.0 Å². The number of aromatic nitrogens is 2. The average molecular weight is 479 g/mol. The van der Waals surface area contributed by atoms with E-state index in [1.807, 2.05) is 67.9 Å². The Hall–Kier alpha value is -3.75. The number of piperidine rings is 1. The molecule has 2 aromatic heterocycles. The molecule has 2 saturated heterocycles. The highest BCUT2D eigenvalue weighted by atomic mass is 16.6. The highest BCUT2D eigenvalue weighted by Crippen LogP contribution is 2.27. The Bertz CT molecular complexity index is 1220. The van der Waals surface area contributed by atoms with Gasteiger partial charge in [-0.2, -0.15) is 0 Å². The van der Waals surface area contributed by atoms with Crippen LogP contribution in [0.25, 0.3) is 16.7 Å². The van der Waals surface area contributed by atoms with Crippen LogP contribution in [0, 0.1) is 0 Å². The molecule has 3 aromatic rings. The van der Waals surface area contributed by atoms with E-state index < -0.39 is 5.60 Å². The zero-order chi connectivity index (χ0) is 24.6. The van der Waals surface area contributed by atoms with Crippen molar-refractivity contribution in [3.63, 3.8) is 0 Å².